The fraction of sp³-hybridized carbons (Fsp3) is 1.00. The quantitative estimate of drug-likeness (QED) is 0.370. The molecule has 0 bridgehead atoms. The number of rotatable bonds is 4. The van der Waals surface area contributed by atoms with Crippen LogP contribution in [0.4, 0.5) is 0 Å². The van der Waals surface area contributed by atoms with Crippen LogP contribution >= 0.6 is 15.2 Å². The zero-order valence-electron chi connectivity index (χ0n) is 9.06. The Kier molecular flexibility index (Phi) is 6.20. The van der Waals surface area contributed by atoms with Gasteiger partial charge in [-0.25, -0.2) is 0 Å². The summed E-state index contributed by atoms with van der Waals surface area (Å²) in [6, 6.07) is 0. The van der Waals surface area contributed by atoms with Gasteiger partial charge in [-0.05, 0) is 0 Å². The van der Waals surface area contributed by atoms with E-state index in [1.807, 2.05) is 0 Å². The zero-order chi connectivity index (χ0) is 12.7. The van der Waals surface area contributed by atoms with Crippen LogP contribution in [0.5, 0.6) is 0 Å². The molecule has 100 valence electrons. The number of hydrogen-bond acceptors (Lipinski definition) is 4. The monoisotopic (exact) mass is 342 g/mol. The van der Waals surface area contributed by atoms with Gasteiger partial charge in [0.15, 0.2) is 0 Å². The van der Waals surface area contributed by atoms with Crippen LogP contribution in [0, 0.1) is 0 Å². The van der Waals surface area contributed by atoms with Crippen molar-refractivity contribution in [1.82, 2.24) is 0 Å². The Morgan fingerprint density at radius 1 is 1.19 bits per heavy atom. The topological polar surface area (TPSA) is 170 Å². The molecule has 0 saturated heterocycles. The minimum Gasteiger partial charge on any atom is -0.412 e. The Morgan fingerprint density at radius 3 is 1.56 bits per heavy atom. The largest absolute Gasteiger partial charge is 0.412 e. The van der Waals surface area contributed by atoms with Crippen molar-refractivity contribution in [3.05, 3.63) is 0 Å². The minimum absolute atomic E-state index is 0. The summed E-state index contributed by atoms with van der Waals surface area (Å²) in [5.41, 5.74) is 4.94. The van der Waals surface area contributed by atoms with E-state index in [2.05, 4.69) is 0 Å². The molecule has 0 aliphatic carbocycles. The Hall–Kier alpha value is 0.778. The van der Waals surface area contributed by atoms with Gasteiger partial charge in [0.05, 0.1) is 0 Å². The van der Waals surface area contributed by atoms with Crippen molar-refractivity contribution < 1.29 is 39.3 Å². The van der Waals surface area contributed by atoms with Gasteiger partial charge in [0.2, 0.25) is 0 Å². The minimum atomic E-state index is -5.52. The first-order chi connectivity index (χ1) is 6.21. The average molecular weight is 342 g/mol. The standard InChI is InChI=1S/C5H15AsO7P2.H2O/c1-6(2,3)4-5(7,14(8,9)10)15(11,12)13;/h7H,4H2,1-3H3,(H3-,8,9,10,11,12,13);1H2. The summed E-state index contributed by atoms with van der Waals surface area (Å²) in [5, 5.41) is 5.54. The van der Waals surface area contributed by atoms with E-state index in [1.54, 1.807) is 17.1 Å². The Labute approximate surface area is 95.8 Å². The first-order valence-electron chi connectivity index (χ1n) is 3.83. The first kappa shape index (κ1) is 19.1. The van der Waals surface area contributed by atoms with E-state index in [9.17, 15) is 19.1 Å². The van der Waals surface area contributed by atoms with Crippen molar-refractivity contribution in [3.63, 3.8) is 0 Å². The van der Waals surface area contributed by atoms with Crippen LogP contribution in [0.1, 0.15) is 0 Å². The van der Waals surface area contributed by atoms with Gasteiger partial charge in [-0.15, -0.1) is 0 Å². The van der Waals surface area contributed by atoms with E-state index >= 15 is 0 Å². The molecule has 0 aromatic carbocycles. The van der Waals surface area contributed by atoms with Gasteiger partial charge in [-0.2, -0.15) is 0 Å². The second-order valence-corrected chi connectivity index (χ2v) is 18.5. The van der Waals surface area contributed by atoms with E-state index in [0.29, 0.717) is 0 Å². The van der Waals surface area contributed by atoms with Crippen LogP contribution in [0.3, 0.4) is 0 Å². The van der Waals surface area contributed by atoms with Crippen molar-refractivity contribution in [2.45, 2.75) is 27.4 Å². The van der Waals surface area contributed by atoms with Crippen molar-refractivity contribution in [2.24, 2.45) is 0 Å². The maximum atomic E-state index is 10.9. The SMILES string of the molecule is C[As+](C)(C)C[C@@](O)(P(=O)([O-])O)P(=O)(O)O.O. The molecule has 0 aromatic rings. The molecule has 0 aromatic heterocycles. The summed E-state index contributed by atoms with van der Waals surface area (Å²) in [4.78, 5) is 37.2. The van der Waals surface area contributed by atoms with Gasteiger partial charge >= 0.3 is 90.0 Å². The molecule has 0 spiro atoms. The molecule has 6 N–H and O–H groups in total. The summed E-state index contributed by atoms with van der Waals surface area (Å²) in [5.74, 6) is 0. The summed E-state index contributed by atoms with van der Waals surface area (Å²) in [7, 11) is -10.9. The van der Waals surface area contributed by atoms with Crippen LogP contribution in [0.2, 0.25) is 22.3 Å². The summed E-state index contributed by atoms with van der Waals surface area (Å²) in [6.07, 6.45) is 0. The van der Waals surface area contributed by atoms with E-state index in [0.717, 1.165) is 0 Å². The molecule has 0 rings (SSSR count). The van der Waals surface area contributed by atoms with E-state index < -0.39 is 39.0 Å². The molecule has 0 heterocycles. The molecule has 8 nitrogen and oxygen atoms in total. The summed E-state index contributed by atoms with van der Waals surface area (Å²) in [6.45, 7) is 0. The van der Waals surface area contributed by atoms with Gasteiger partial charge in [0.1, 0.15) is 0 Å². The van der Waals surface area contributed by atoms with Crippen LogP contribution in [-0.4, -0.2) is 43.9 Å². The van der Waals surface area contributed by atoms with Crippen molar-refractivity contribution in [2.75, 3.05) is 0 Å². The van der Waals surface area contributed by atoms with Gasteiger partial charge in [-0.3, -0.25) is 0 Å². The third-order valence-corrected chi connectivity index (χ3v) is 9.33. The number of hydrogen-bond donors (Lipinski definition) is 4. The summed E-state index contributed by atoms with van der Waals surface area (Å²) < 4.78 is 21.8. The number of aliphatic hydroxyl groups is 1. The second-order valence-electron chi connectivity index (χ2n) is 4.29. The average Bonchev–Trinajstić information content (AvgIpc) is 1.77. The van der Waals surface area contributed by atoms with Crippen LogP contribution in [0.15, 0.2) is 0 Å². The summed E-state index contributed by atoms with van der Waals surface area (Å²) >= 11 is -2.62. The Morgan fingerprint density at radius 2 is 1.50 bits per heavy atom. The zero-order valence-corrected chi connectivity index (χ0v) is 12.7. The first-order valence-corrected chi connectivity index (χ1v) is 14.0. The maximum Gasteiger partial charge on any atom is -0.412 e. The second kappa shape index (κ2) is 5.19. The molecule has 1 unspecified atom stereocenters. The normalized spacial score (nSPS) is 20.5. The molecule has 0 aliphatic rings. The van der Waals surface area contributed by atoms with Crippen LogP contribution in [-0.2, 0) is 9.13 Å². The molecule has 0 amide bonds. The molecule has 0 saturated carbocycles. The van der Waals surface area contributed by atoms with Crippen LogP contribution < -0.4 is 4.89 Å². The van der Waals surface area contributed by atoms with Crippen molar-refractivity contribution in [3.8, 4) is 0 Å². The fourth-order valence-corrected chi connectivity index (χ4v) is 12.0. The van der Waals surface area contributed by atoms with Gasteiger partial charge in [0, 0.05) is 0 Å². The maximum absolute atomic E-state index is 10.9. The molecular formula is C5H17AsO8P2. The van der Waals surface area contributed by atoms with E-state index in [4.69, 9.17) is 14.7 Å². The van der Waals surface area contributed by atoms with Crippen LogP contribution in [0.25, 0.3) is 0 Å². The third-order valence-electron chi connectivity index (χ3n) is 1.61. The van der Waals surface area contributed by atoms with E-state index in [1.165, 1.54) is 0 Å². The van der Waals surface area contributed by atoms with E-state index in [-0.39, 0.29) is 5.48 Å². The molecular weight excluding hydrogens is 325 g/mol. The Bertz CT molecular complexity index is 302. The smallest absolute Gasteiger partial charge is 0.412 e. The van der Waals surface area contributed by atoms with Gasteiger partial charge in [0.25, 0.3) is 0 Å². The van der Waals surface area contributed by atoms with Gasteiger partial charge < -0.3 is 5.48 Å². The molecule has 0 radical (unpaired) electrons. The molecule has 11 heteroatoms. The predicted molar refractivity (Wildman–Crippen MR) is 58.6 cm³/mol. The Balaban J connectivity index is 0. The molecule has 16 heavy (non-hydrogen) atoms. The molecule has 0 fully saturated rings. The molecule has 2 atom stereocenters. The third kappa shape index (κ3) is 4.57. The van der Waals surface area contributed by atoms with Crippen molar-refractivity contribution in [1.29, 1.82) is 0 Å². The molecule has 0 aliphatic heterocycles. The van der Waals surface area contributed by atoms with Crippen molar-refractivity contribution >= 4 is 28.7 Å². The predicted octanol–water partition coefficient (Wildman–Crippen LogP) is -1.13. The van der Waals surface area contributed by atoms with Gasteiger partial charge in [-0.1, -0.05) is 0 Å². The fourth-order valence-electron chi connectivity index (χ4n) is 0.982.